The van der Waals surface area contributed by atoms with Crippen molar-refractivity contribution in [1.82, 2.24) is 5.01 Å². The third-order valence-corrected chi connectivity index (χ3v) is 3.90. The molecule has 1 aliphatic heterocycles. The first-order chi connectivity index (χ1) is 10.4. The molecule has 22 heavy (non-hydrogen) atoms. The van der Waals surface area contributed by atoms with Crippen LogP contribution in [0.2, 0.25) is 0 Å². The second kappa shape index (κ2) is 6.87. The molecule has 2 rings (SSSR count). The van der Waals surface area contributed by atoms with Gasteiger partial charge in [-0.1, -0.05) is 41.4 Å². The van der Waals surface area contributed by atoms with Crippen molar-refractivity contribution in [2.75, 3.05) is 6.54 Å². The van der Waals surface area contributed by atoms with E-state index in [0.29, 0.717) is 11.3 Å². The lowest BCUT2D eigenvalue weighted by Crippen LogP contribution is -2.31. The van der Waals surface area contributed by atoms with Gasteiger partial charge in [-0.15, -0.1) is 0 Å². The number of primary amides is 1. The fraction of sp³-hybridized carbons (Fsp3) is 0.143. The van der Waals surface area contributed by atoms with Crippen LogP contribution in [0.15, 0.2) is 47.2 Å². The summed E-state index contributed by atoms with van der Waals surface area (Å²) in [6.45, 7) is 1.67. The zero-order chi connectivity index (χ0) is 16.3. The van der Waals surface area contributed by atoms with Crippen molar-refractivity contribution < 1.29 is 13.6 Å². The summed E-state index contributed by atoms with van der Waals surface area (Å²) in [5, 5.41) is 5.34. The number of nitrogens with two attached hydrogens (primary N) is 1. The van der Waals surface area contributed by atoms with Crippen LogP contribution in [-0.4, -0.2) is 31.4 Å². The lowest BCUT2D eigenvalue weighted by molar-refractivity contribution is -0.118. The first kappa shape index (κ1) is 16.4. The van der Waals surface area contributed by atoms with E-state index in [2.05, 4.69) is 5.10 Å². The lowest BCUT2D eigenvalue weighted by atomic mass is 10.1. The minimum Gasteiger partial charge on any atom is -0.368 e. The Hall–Kier alpha value is -1.96. The largest absolute Gasteiger partial charge is 0.368 e. The molecule has 1 amide bonds. The van der Waals surface area contributed by atoms with Gasteiger partial charge in [0.2, 0.25) is 5.91 Å². The molecule has 1 atom stereocenters. The summed E-state index contributed by atoms with van der Waals surface area (Å²) in [6.07, 6.45) is 3.01. The van der Waals surface area contributed by atoms with Crippen molar-refractivity contribution in [3.8, 4) is 0 Å². The Morgan fingerprint density at radius 2 is 2.00 bits per heavy atom. The number of halogens is 1. The zero-order valence-electron chi connectivity index (χ0n) is 11.7. The Labute approximate surface area is 135 Å². The highest BCUT2D eigenvalue weighted by Gasteiger charge is 2.22. The van der Waals surface area contributed by atoms with E-state index < -0.39 is 17.0 Å². The van der Waals surface area contributed by atoms with Gasteiger partial charge in [-0.2, -0.15) is 5.10 Å². The smallest absolute Gasteiger partial charge is 0.239 e. The third kappa shape index (κ3) is 3.82. The maximum atomic E-state index is 11.8. The molecular formula is C14H14ClN3O3S. The van der Waals surface area contributed by atoms with Crippen LogP contribution in [0.1, 0.15) is 11.1 Å². The van der Waals surface area contributed by atoms with Crippen molar-refractivity contribution in [3.05, 3.63) is 53.2 Å². The fourth-order valence-electron chi connectivity index (χ4n) is 1.94. The van der Waals surface area contributed by atoms with Gasteiger partial charge < -0.3 is 10.3 Å². The van der Waals surface area contributed by atoms with Crippen molar-refractivity contribution >= 4 is 38.7 Å². The summed E-state index contributed by atoms with van der Waals surface area (Å²) in [5.41, 5.74) is 7.06. The molecule has 0 aliphatic carbocycles. The van der Waals surface area contributed by atoms with E-state index in [1.165, 1.54) is 17.2 Å². The van der Waals surface area contributed by atoms with Crippen LogP contribution >= 0.6 is 11.6 Å². The highest BCUT2D eigenvalue weighted by Crippen LogP contribution is 2.27. The van der Waals surface area contributed by atoms with Crippen molar-refractivity contribution in [2.45, 2.75) is 6.92 Å². The minimum atomic E-state index is -2.28. The molecule has 0 radical (unpaired) electrons. The van der Waals surface area contributed by atoms with Gasteiger partial charge in [0.25, 0.3) is 0 Å². The van der Waals surface area contributed by atoms with Crippen LogP contribution in [0.4, 0.5) is 0 Å². The maximum absolute atomic E-state index is 11.8. The topological polar surface area (TPSA) is 96.0 Å². The molecule has 1 unspecified atom stereocenters. The number of carbonyl (C=O) groups is 1. The molecule has 0 spiro atoms. The summed E-state index contributed by atoms with van der Waals surface area (Å²) < 4.78 is 21.5. The molecule has 1 aromatic carbocycles. The van der Waals surface area contributed by atoms with E-state index in [1.54, 1.807) is 12.1 Å². The van der Waals surface area contributed by atoms with Crippen molar-refractivity contribution in [1.29, 1.82) is 0 Å². The predicted octanol–water partition coefficient (Wildman–Crippen LogP) is 1.79. The highest BCUT2D eigenvalue weighted by molar-refractivity contribution is 7.89. The Morgan fingerprint density at radius 1 is 1.36 bits per heavy atom. The van der Waals surface area contributed by atoms with Gasteiger partial charge in [0, 0.05) is 0 Å². The maximum Gasteiger partial charge on any atom is 0.239 e. The van der Waals surface area contributed by atoms with Gasteiger partial charge in [-0.3, -0.25) is 9.80 Å². The Kier molecular flexibility index (Phi) is 5.12. The summed E-state index contributed by atoms with van der Waals surface area (Å²) in [5.74, 6) is -0.631. The molecule has 8 heteroatoms. The molecule has 6 nitrogen and oxygen atoms in total. The zero-order valence-corrected chi connectivity index (χ0v) is 13.3. The van der Waals surface area contributed by atoms with Crippen molar-refractivity contribution in [2.24, 2.45) is 10.8 Å². The molecule has 1 aromatic rings. The normalized spacial score (nSPS) is 18.0. The minimum absolute atomic E-state index is 0.130. The quantitative estimate of drug-likeness (QED) is 0.817. The van der Waals surface area contributed by atoms with Gasteiger partial charge in [-0.05, 0) is 24.6 Å². The first-order valence-corrected chi connectivity index (χ1v) is 7.77. The predicted molar refractivity (Wildman–Crippen MR) is 87.2 cm³/mol. The van der Waals surface area contributed by atoms with Gasteiger partial charge in [-0.25, -0.2) is 4.21 Å². The van der Waals surface area contributed by atoms with E-state index in [1.807, 2.05) is 19.1 Å². The van der Waals surface area contributed by atoms with Crippen LogP contribution in [0.25, 0.3) is 4.91 Å². The van der Waals surface area contributed by atoms with Gasteiger partial charge in [0.05, 0.1) is 10.6 Å². The molecule has 1 heterocycles. The number of nitrogens with zero attached hydrogens (tertiary/aromatic N) is 2. The van der Waals surface area contributed by atoms with Crippen LogP contribution in [-0.2, 0) is 15.9 Å². The number of aryl methyl sites for hydroxylation is 1. The standard InChI is InChI=1S/C14H14ClN3O3S/c1-9-2-4-10(5-3-9)14(22(20)21)11-6-7-12(15)17-18(11)8-13(16)19/h2-7H,8H2,1H3,(H2,16,19)(H,20,21). The molecular weight excluding hydrogens is 326 g/mol. The Morgan fingerprint density at radius 3 is 2.55 bits per heavy atom. The van der Waals surface area contributed by atoms with E-state index in [0.717, 1.165) is 5.56 Å². The number of rotatable bonds is 4. The molecule has 0 bridgehead atoms. The number of carbonyl (C=O) groups excluding carboxylic acids is 1. The summed E-state index contributed by atoms with van der Waals surface area (Å²) >= 11 is 3.54. The molecule has 3 N–H and O–H groups in total. The van der Waals surface area contributed by atoms with Crippen LogP contribution in [0.3, 0.4) is 0 Å². The van der Waals surface area contributed by atoms with E-state index in [-0.39, 0.29) is 16.6 Å². The van der Waals surface area contributed by atoms with Crippen LogP contribution in [0, 0.1) is 6.92 Å². The van der Waals surface area contributed by atoms with E-state index in [9.17, 15) is 13.6 Å². The number of amides is 1. The Bertz CT molecular complexity index is 711. The molecule has 0 saturated heterocycles. The molecule has 0 fully saturated rings. The number of hydrogen-bond donors (Lipinski definition) is 2. The second-order valence-electron chi connectivity index (χ2n) is 4.61. The average molecular weight is 340 g/mol. The molecule has 1 aliphatic rings. The first-order valence-electron chi connectivity index (χ1n) is 6.28. The fourth-order valence-corrected chi connectivity index (χ4v) is 2.78. The highest BCUT2D eigenvalue weighted by atomic mass is 35.5. The number of allylic oxidation sites excluding steroid dienone is 2. The SMILES string of the molecule is Cc1ccc(C(=C2C=CC(Cl)=NN2CC(N)=O)S(=O)O)cc1. The van der Waals surface area contributed by atoms with Gasteiger partial charge in [0.15, 0.2) is 11.1 Å². The number of benzene rings is 1. The van der Waals surface area contributed by atoms with Crippen LogP contribution < -0.4 is 5.73 Å². The molecule has 0 aromatic heterocycles. The monoisotopic (exact) mass is 339 g/mol. The summed E-state index contributed by atoms with van der Waals surface area (Å²) in [4.78, 5) is 11.3. The molecule has 116 valence electrons. The van der Waals surface area contributed by atoms with Crippen LogP contribution in [0.5, 0.6) is 0 Å². The lowest BCUT2D eigenvalue weighted by Gasteiger charge is -2.24. The van der Waals surface area contributed by atoms with E-state index in [4.69, 9.17) is 17.3 Å². The number of hydrogen-bond acceptors (Lipinski definition) is 4. The van der Waals surface area contributed by atoms with Gasteiger partial charge >= 0.3 is 0 Å². The average Bonchev–Trinajstić information content (AvgIpc) is 2.42. The summed E-state index contributed by atoms with van der Waals surface area (Å²) in [6, 6.07) is 7.10. The number of hydrazone groups is 1. The molecule has 0 saturated carbocycles. The van der Waals surface area contributed by atoms with E-state index >= 15 is 0 Å². The van der Waals surface area contributed by atoms with Gasteiger partial charge in [0.1, 0.15) is 11.7 Å². The Balaban J connectivity index is 2.57. The summed E-state index contributed by atoms with van der Waals surface area (Å²) in [7, 11) is 0. The second-order valence-corrected chi connectivity index (χ2v) is 5.90. The third-order valence-electron chi connectivity index (χ3n) is 2.90. The van der Waals surface area contributed by atoms with Crippen molar-refractivity contribution in [3.63, 3.8) is 0 Å².